The van der Waals surface area contributed by atoms with E-state index in [0.717, 1.165) is 52.1 Å². The number of aromatic hydroxyl groups is 2. The molecule has 0 radical (unpaired) electrons. The van der Waals surface area contributed by atoms with Crippen molar-refractivity contribution in [3.05, 3.63) is 52.6 Å². The average molecular weight is 775 g/mol. The molecular formula is C41H66N4O8S. The van der Waals surface area contributed by atoms with Crippen LogP contribution in [0.1, 0.15) is 71.9 Å². The first-order chi connectivity index (χ1) is 25.5. The number of phenolic OH excluding ortho intramolecular Hbond substituents is 2. The number of anilines is 1. The highest BCUT2D eigenvalue weighted by atomic mass is 32.2. The molecule has 0 spiro atoms. The number of hydrogen-bond acceptors (Lipinski definition) is 11. The zero-order chi connectivity index (χ0) is 40.2. The summed E-state index contributed by atoms with van der Waals surface area (Å²) >= 11 is 1.91. The number of phenols is 2. The number of primary amides is 1. The number of carbonyl (C=O) groups excluding carboxylic acids is 2. The maximum absolute atomic E-state index is 13.3. The average Bonchev–Trinajstić information content (AvgIpc) is 3.13. The van der Waals surface area contributed by atoms with Gasteiger partial charge < -0.3 is 50.4 Å². The van der Waals surface area contributed by atoms with Gasteiger partial charge in [0.05, 0.1) is 17.9 Å². The lowest BCUT2D eigenvalue weighted by Crippen LogP contribution is -2.47. The van der Waals surface area contributed by atoms with E-state index in [9.17, 15) is 24.9 Å². The number of aliphatic hydroxyl groups is 1. The van der Waals surface area contributed by atoms with Gasteiger partial charge in [-0.3, -0.25) is 4.79 Å². The van der Waals surface area contributed by atoms with Gasteiger partial charge in [0.25, 0.3) is 5.91 Å². The van der Waals surface area contributed by atoms with E-state index < -0.39 is 42.3 Å². The number of thioether (sulfide) groups is 1. The molecule has 13 heteroatoms. The zero-order valence-corrected chi connectivity index (χ0v) is 34.7. The molecule has 54 heavy (non-hydrogen) atoms. The van der Waals surface area contributed by atoms with Crippen LogP contribution in [-0.4, -0.2) is 126 Å². The van der Waals surface area contributed by atoms with Crippen LogP contribution in [0.25, 0.3) is 0 Å². The number of amides is 2. The molecule has 6 atom stereocenters. The third kappa shape index (κ3) is 13.3. The Balaban J connectivity index is 1.90. The molecule has 2 aliphatic rings. The number of allylic oxidation sites excluding steroid dienone is 2. The second-order valence-corrected chi connectivity index (χ2v) is 17.1. The molecule has 0 aliphatic carbocycles. The number of ether oxygens (including phenoxy) is 3. The topological polar surface area (TPSA) is 167 Å². The molecule has 2 amide bonds. The summed E-state index contributed by atoms with van der Waals surface area (Å²) in [6, 6.07) is 1.42. The summed E-state index contributed by atoms with van der Waals surface area (Å²) in [4.78, 5) is 30.2. The number of aliphatic hydroxyl groups excluding tert-OH is 1. The van der Waals surface area contributed by atoms with Gasteiger partial charge >= 0.3 is 6.09 Å². The van der Waals surface area contributed by atoms with Crippen LogP contribution in [0.2, 0.25) is 0 Å². The highest BCUT2D eigenvalue weighted by Gasteiger charge is 2.30. The smallest absolute Gasteiger partial charge is 0.405 e. The first kappa shape index (κ1) is 45.3. The highest BCUT2D eigenvalue weighted by molar-refractivity contribution is 7.99. The Bertz CT molecular complexity index is 1490. The van der Waals surface area contributed by atoms with Crippen LogP contribution in [-0.2, 0) is 31.8 Å². The van der Waals surface area contributed by atoms with Crippen LogP contribution >= 0.6 is 11.8 Å². The van der Waals surface area contributed by atoms with E-state index in [1.165, 1.54) is 13.2 Å². The number of fused-ring (bicyclic) bond motifs is 2. The number of nitrogens with two attached hydrogens (primary N) is 1. The maximum atomic E-state index is 13.3. The lowest BCUT2D eigenvalue weighted by Gasteiger charge is -2.36. The van der Waals surface area contributed by atoms with Crippen LogP contribution in [0.4, 0.5) is 10.5 Å². The van der Waals surface area contributed by atoms with Gasteiger partial charge in [-0.2, -0.15) is 11.8 Å². The quantitative estimate of drug-likeness (QED) is 0.107. The first-order valence-corrected chi connectivity index (χ1v) is 20.3. The number of hydrogen-bond donors (Lipinski definition) is 5. The molecule has 3 rings (SSSR count). The monoisotopic (exact) mass is 774 g/mol. The van der Waals surface area contributed by atoms with E-state index in [1.54, 1.807) is 39.2 Å². The van der Waals surface area contributed by atoms with Gasteiger partial charge in [0, 0.05) is 73.8 Å². The van der Waals surface area contributed by atoms with Crippen molar-refractivity contribution in [1.82, 2.24) is 9.80 Å². The number of nitrogens with zero attached hydrogens (tertiary/aromatic N) is 2. The van der Waals surface area contributed by atoms with Crippen LogP contribution in [0, 0.1) is 11.8 Å². The number of nitrogens with one attached hydrogen (secondary N) is 1. The summed E-state index contributed by atoms with van der Waals surface area (Å²) in [5, 5.41) is 37.3. The summed E-state index contributed by atoms with van der Waals surface area (Å²) < 4.78 is 17.2. The normalized spacial score (nSPS) is 28.4. The molecule has 1 saturated heterocycles. The van der Waals surface area contributed by atoms with Crippen molar-refractivity contribution in [1.29, 1.82) is 0 Å². The van der Waals surface area contributed by atoms with E-state index in [-0.39, 0.29) is 27.9 Å². The Morgan fingerprint density at radius 3 is 2.31 bits per heavy atom. The summed E-state index contributed by atoms with van der Waals surface area (Å²) in [7, 11) is 3.01. The lowest BCUT2D eigenvalue weighted by atomic mass is 9.86. The van der Waals surface area contributed by atoms with E-state index in [1.807, 2.05) is 31.7 Å². The fraction of sp³-hybridized carbons (Fsp3) is 0.659. The number of piperazine rings is 1. The minimum absolute atomic E-state index is 0.0138. The van der Waals surface area contributed by atoms with Gasteiger partial charge in [-0.05, 0) is 76.8 Å². The molecule has 1 fully saturated rings. The lowest BCUT2D eigenvalue weighted by molar-refractivity contribution is -0.112. The van der Waals surface area contributed by atoms with Gasteiger partial charge in [-0.1, -0.05) is 52.0 Å². The Morgan fingerprint density at radius 1 is 1.07 bits per heavy atom. The molecule has 2 bridgehead atoms. The maximum Gasteiger partial charge on any atom is 0.405 e. The van der Waals surface area contributed by atoms with Crippen molar-refractivity contribution in [2.24, 2.45) is 17.6 Å². The molecule has 0 aromatic heterocycles. The molecule has 2 aliphatic heterocycles. The summed E-state index contributed by atoms with van der Waals surface area (Å²) in [5.74, 6) is -1.05. The predicted molar refractivity (Wildman–Crippen MR) is 217 cm³/mol. The Labute approximate surface area is 327 Å². The Hall–Kier alpha value is -3.07. The number of methoxy groups -OCH3 is 2. The molecule has 0 unspecified atom stereocenters. The van der Waals surface area contributed by atoms with Crippen molar-refractivity contribution < 1.29 is 39.1 Å². The number of benzene rings is 1. The van der Waals surface area contributed by atoms with Crippen molar-refractivity contribution in [3.8, 4) is 11.5 Å². The second kappa shape index (κ2) is 21.3. The van der Waals surface area contributed by atoms with Gasteiger partial charge in [0.1, 0.15) is 17.6 Å². The molecule has 0 saturated carbocycles. The second-order valence-electron chi connectivity index (χ2n) is 15.6. The molecule has 6 N–H and O–H groups in total. The minimum atomic E-state index is -0.978. The molecule has 1 aromatic carbocycles. The van der Waals surface area contributed by atoms with Crippen molar-refractivity contribution in [3.63, 3.8) is 0 Å². The standard InChI is InChI=1S/C41H66N4O8S/c1-26-22-31-30(13-11-16-44-18-20-45(21-19-44)17-15-41(5,6)54-9)33(46)25-32(37(31)48)43-39(49)27(2)12-10-14-34(51-7)38(53-40(42)50)29(4)24-28(3)36(47)35(23-26)52-8/h10,12,14,24-26,28,34-36,38,46-48H,11,13,15-23H2,1-9H3,(H2,42,50)(H,43,49)/b14-10-,27-12+,29-24+/t26-,28+,34+,35+,36-,38+/m1/s1. The van der Waals surface area contributed by atoms with Gasteiger partial charge in [0.15, 0.2) is 6.10 Å². The highest BCUT2D eigenvalue weighted by Crippen LogP contribution is 2.40. The van der Waals surface area contributed by atoms with Crippen LogP contribution in [0.15, 0.2) is 41.5 Å². The molecule has 1 aromatic rings. The van der Waals surface area contributed by atoms with Crippen molar-refractivity contribution in [2.45, 2.75) is 103 Å². The van der Waals surface area contributed by atoms with E-state index in [0.29, 0.717) is 41.5 Å². The van der Waals surface area contributed by atoms with Crippen LogP contribution < -0.4 is 11.1 Å². The summed E-state index contributed by atoms with van der Waals surface area (Å²) in [6.45, 7) is 17.9. The first-order valence-electron chi connectivity index (χ1n) is 19.1. The molecule has 304 valence electrons. The third-order valence-electron chi connectivity index (χ3n) is 10.9. The largest absolute Gasteiger partial charge is 0.508 e. The van der Waals surface area contributed by atoms with Crippen LogP contribution in [0.5, 0.6) is 11.5 Å². The molecular weight excluding hydrogens is 709 g/mol. The Kier molecular flexibility index (Phi) is 17.9. The Morgan fingerprint density at radius 2 is 1.72 bits per heavy atom. The third-order valence-corrected chi connectivity index (χ3v) is 12.2. The van der Waals surface area contributed by atoms with E-state index in [2.05, 4.69) is 35.2 Å². The molecule has 2 heterocycles. The van der Waals surface area contributed by atoms with Gasteiger partial charge in [-0.15, -0.1) is 0 Å². The van der Waals surface area contributed by atoms with Crippen molar-refractivity contribution in [2.75, 3.05) is 65.1 Å². The summed E-state index contributed by atoms with van der Waals surface area (Å²) in [5.41, 5.74) is 7.70. The SMILES string of the molecule is CO[C@H]1/C=C\C=C(/C)C(=O)Nc2cc(O)c(CCCN3CCN(CCC(C)(C)SC)CC3)c(c2O)C[C@@H](C)C[C@H](OC)[C@H](O)[C@@H](C)/C=C(\C)[C@@H]1OC(N)=O. The fourth-order valence-electron chi connectivity index (χ4n) is 7.20. The number of carbonyl (C=O) groups is 2. The predicted octanol–water partition coefficient (Wildman–Crippen LogP) is 5.64. The van der Waals surface area contributed by atoms with Gasteiger partial charge in [0.2, 0.25) is 0 Å². The van der Waals surface area contributed by atoms with Crippen LogP contribution in [0.3, 0.4) is 0 Å². The van der Waals surface area contributed by atoms with E-state index >= 15 is 0 Å². The van der Waals surface area contributed by atoms with Crippen molar-refractivity contribution >= 4 is 29.4 Å². The zero-order valence-electron chi connectivity index (χ0n) is 33.9. The summed E-state index contributed by atoms with van der Waals surface area (Å²) in [6.07, 6.45) is 8.00. The minimum Gasteiger partial charge on any atom is -0.508 e. The molecule has 12 nitrogen and oxygen atoms in total. The fourth-order valence-corrected chi connectivity index (χ4v) is 7.49. The number of rotatable bonds is 11. The van der Waals surface area contributed by atoms with Gasteiger partial charge in [-0.25, -0.2) is 4.79 Å². The van der Waals surface area contributed by atoms with E-state index in [4.69, 9.17) is 19.9 Å².